The third kappa shape index (κ3) is 3.42. The maximum atomic E-state index is 5.42. The van der Waals surface area contributed by atoms with E-state index in [0.29, 0.717) is 18.6 Å². The second kappa shape index (κ2) is 6.14. The Bertz CT molecular complexity index is 414. The Kier molecular flexibility index (Phi) is 4.53. The third-order valence-electron chi connectivity index (χ3n) is 2.86. The summed E-state index contributed by atoms with van der Waals surface area (Å²) in [6.07, 6.45) is 0. The third-order valence-corrected chi connectivity index (χ3v) is 3.85. The summed E-state index contributed by atoms with van der Waals surface area (Å²) < 4.78 is 5.42. The summed E-state index contributed by atoms with van der Waals surface area (Å²) in [7, 11) is 0. The van der Waals surface area contributed by atoms with Crippen LogP contribution >= 0.6 is 11.8 Å². The summed E-state index contributed by atoms with van der Waals surface area (Å²) in [6.45, 7) is 7.12. The standard InChI is InChI=1S/C14H20N2OS/c1-4-17-12-7-5-11(6-8-12)15-14-16-13(9-18-14)10(2)3/h5-8,10,13H,4,9H2,1-3H3,(H,15,16). The molecule has 0 saturated carbocycles. The molecule has 0 aromatic heterocycles. The first kappa shape index (κ1) is 13.3. The first-order valence-corrected chi connectivity index (χ1v) is 7.38. The van der Waals surface area contributed by atoms with Gasteiger partial charge in [0, 0.05) is 11.4 Å². The van der Waals surface area contributed by atoms with Crippen molar-refractivity contribution < 1.29 is 4.74 Å². The number of ether oxygens (including phenoxy) is 1. The second-order valence-corrected chi connectivity index (χ2v) is 5.65. The molecule has 0 radical (unpaired) electrons. The molecule has 0 bridgehead atoms. The molecular formula is C14H20N2OS. The summed E-state index contributed by atoms with van der Waals surface area (Å²) >= 11 is 1.80. The molecule has 1 heterocycles. The molecular weight excluding hydrogens is 244 g/mol. The largest absolute Gasteiger partial charge is 0.494 e. The van der Waals surface area contributed by atoms with E-state index in [-0.39, 0.29) is 0 Å². The maximum Gasteiger partial charge on any atom is 0.161 e. The van der Waals surface area contributed by atoms with Crippen LogP contribution in [0.2, 0.25) is 0 Å². The highest BCUT2D eigenvalue weighted by Crippen LogP contribution is 2.25. The lowest BCUT2D eigenvalue weighted by atomic mass is 10.1. The molecule has 0 spiro atoms. The minimum atomic E-state index is 0.445. The van der Waals surface area contributed by atoms with Gasteiger partial charge in [0.1, 0.15) is 5.75 Å². The van der Waals surface area contributed by atoms with Crippen LogP contribution in [-0.4, -0.2) is 23.6 Å². The van der Waals surface area contributed by atoms with Crippen molar-refractivity contribution in [2.24, 2.45) is 10.9 Å². The fourth-order valence-corrected chi connectivity index (χ4v) is 2.91. The van der Waals surface area contributed by atoms with Crippen LogP contribution in [0.5, 0.6) is 5.75 Å². The Balaban J connectivity index is 1.95. The SMILES string of the molecule is CCOc1ccc(NC2=NC(C(C)C)CS2)cc1. The number of rotatable bonds is 4. The van der Waals surface area contributed by atoms with Crippen molar-refractivity contribution in [2.75, 3.05) is 17.7 Å². The molecule has 0 fully saturated rings. The Hall–Kier alpha value is -1.16. The van der Waals surface area contributed by atoms with Crippen LogP contribution in [0.25, 0.3) is 0 Å². The molecule has 2 rings (SSSR count). The Morgan fingerprint density at radius 1 is 1.39 bits per heavy atom. The van der Waals surface area contributed by atoms with Crippen molar-refractivity contribution in [2.45, 2.75) is 26.8 Å². The predicted molar refractivity (Wildman–Crippen MR) is 79.8 cm³/mol. The van der Waals surface area contributed by atoms with E-state index in [4.69, 9.17) is 4.74 Å². The number of aliphatic imine (C=N–C) groups is 1. The van der Waals surface area contributed by atoms with Crippen LogP contribution in [0.15, 0.2) is 29.3 Å². The van der Waals surface area contributed by atoms with Crippen LogP contribution in [0, 0.1) is 5.92 Å². The highest BCUT2D eigenvalue weighted by molar-refractivity contribution is 8.14. The highest BCUT2D eigenvalue weighted by atomic mass is 32.2. The molecule has 98 valence electrons. The number of hydrogen-bond donors (Lipinski definition) is 1. The zero-order valence-corrected chi connectivity index (χ0v) is 12.0. The van der Waals surface area contributed by atoms with E-state index in [2.05, 4.69) is 24.2 Å². The lowest BCUT2D eigenvalue weighted by molar-refractivity contribution is 0.340. The van der Waals surface area contributed by atoms with Gasteiger partial charge in [0.05, 0.1) is 12.6 Å². The molecule has 1 aromatic carbocycles. The molecule has 0 aliphatic carbocycles. The van der Waals surface area contributed by atoms with Gasteiger partial charge in [-0.05, 0) is 37.1 Å². The van der Waals surface area contributed by atoms with Gasteiger partial charge in [0.15, 0.2) is 5.17 Å². The fourth-order valence-electron chi connectivity index (χ4n) is 1.72. The smallest absolute Gasteiger partial charge is 0.161 e. The van der Waals surface area contributed by atoms with Gasteiger partial charge in [-0.25, -0.2) is 0 Å². The lowest BCUT2D eigenvalue weighted by Crippen LogP contribution is -2.12. The monoisotopic (exact) mass is 264 g/mol. The second-order valence-electron chi connectivity index (χ2n) is 4.64. The van der Waals surface area contributed by atoms with E-state index in [1.54, 1.807) is 11.8 Å². The maximum absolute atomic E-state index is 5.42. The lowest BCUT2D eigenvalue weighted by Gasteiger charge is -2.08. The zero-order chi connectivity index (χ0) is 13.0. The van der Waals surface area contributed by atoms with Crippen molar-refractivity contribution in [1.82, 2.24) is 0 Å². The number of anilines is 1. The number of amidine groups is 1. The number of thioether (sulfide) groups is 1. The van der Waals surface area contributed by atoms with Gasteiger partial charge in [-0.1, -0.05) is 25.6 Å². The van der Waals surface area contributed by atoms with Crippen LogP contribution in [0.1, 0.15) is 20.8 Å². The van der Waals surface area contributed by atoms with Crippen LogP contribution < -0.4 is 10.1 Å². The van der Waals surface area contributed by atoms with Crippen molar-refractivity contribution in [3.8, 4) is 5.75 Å². The minimum absolute atomic E-state index is 0.445. The van der Waals surface area contributed by atoms with E-state index in [9.17, 15) is 0 Å². The van der Waals surface area contributed by atoms with Crippen molar-refractivity contribution in [1.29, 1.82) is 0 Å². The number of nitrogens with one attached hydrogen (secondary N) is 1. The first-order chi connectivity index (χ1) is 8.69. The molecule has 18 heavy (non-hydrogen) atoms. The molecule has 4 heteroatoms. The van der Waals surface area contributed by atoms with Gasteiger partial charge in [-0.2, -0.15) is 0 Å². The molecule has 3 nitrogen and oxygen atoms in total. The summed E-state index contributed by atoms with van der Waals surface area (Å²) in [5, 5.41) is 4.38. The number of nitrogens with zero attached hydrogens (tertiary/aromatic N) is 1. The molecule has 1 unspecified atom stereocenters. The van der Waals surface area contributed by atoms with Crippen molar-refractivity contribution >= 4 is 22.6 Å². The predicted octanol–water partition coefficient (Wildman–Crippen LogP) is 3.62. The van der Waals surface area contributed by atoms with Gasteiger partial charge in [-0.15, -0.1) is 0 Å². The normalized spacial score (nSPS) is 18.9. The Morgan fingerprint density at radius 3 is 2.67 bits per heavy atom. The summed E-state index contributed by atoms with van der Waals surface area (Å²) in [5.74, 6) is 2.60. The van der Waals surface area contributed by atoms with E-state index < -0.39 is 0 Å². The van der Waals surface area contributed by atoms with Gasteiger partial charge in [0.25, 0.3) is 0 Å². The van der Waals surface area contributed by atoms with Crippen LogP contribution in [0.3, 0.4) is 0 Å². The molecule has 1 aliphatic rings. The molecule has 0 saturated heterocycles. The molecule has 0 amide bonds. The van der Waals surface area contributed by atoms with Gasteiger partial charge >= 0.3 is 0 Å². The average Bonchev–Trinajstić information content (AvgIpc) is 2.81. The fraction of sp³-hybridized carbons (Fsp3) is 0.500. The molecule has 1 atom stereocenters. The summed E-state index contributed by atoms with van der Waals surface area (Å²) in [5.41, 5.74) is 1.06. The molecule has 1 aliphatic heterocycles. The zero-order valence-electron chi connectivity index (χ0n) is 11.1. The molecule has 1 aromatic rings. The number of hydrogen-bond acceptors (Lipinski definition) is 4. The molecule has 1 N–H and O–H groups in total. The van der Waals surface area contributed by atoms with E-state index >= 15 is 0 Å². The Labute approximate surface area is 113 Å². The van der Waals surface area contributed by atoms with Gasteiger partial charge < -0.3 is 10.1 Å². The quantitative estimate of drug-likeness (QED) is 0.901. The summed E-state index contributed by atoms with van der Waals surface area (Å²) in [4.78, 5) is 4.68. The Morgan fingerprint density at radius 2 is 2.11 bits per heavy atom. The summed E-state index contributed by atoms with van der Waals surface area (Å²) in [6, 6.07) is 8.45. The highest BCUT2D eigenvalue weighted by Gasteiger charge is 2.20. The topological polar surface area (TPSA) is 33.6 Å². The van der Waals surface area contributed by atoms with Crippen LogP contribution in [-0.2, 0) is 0 Å². The van der Waals surface area contributed by atoms with E-state index in [1.165, 1.54) is 0 Å². The minimum Gasteiger partial charge on any atom is -0.494 e. The van der Waals surface area contributed by atoms with Crippen molar-refractivity contribution in [3.63, 3.8) is 0 Å². The van der Waals surface area contributed by atoms with Gasteiger partial charge in [-0.3, -0.25) is 4.99 Å². The van der Waals surface area contributed by atoms with Crippen molar-refractivity contribution in [3.05, 3.63) is 24.3 Å². The van der Waals surface area contributed by atoms with Gasteiger partial charge in [0.2, 0.25) is 0 Å². The van der Waals surface area contributed by atoms with E-state index in [0.717, 1.165) is 22.4 Å². The van der Waals surface area contributed by atoms with Crippen LogP contribution in [0.4, 0.5) is 5.69 Å². The first-order valence-electron chi connectivity index (χ1n) is 6.39. The average molecular weight is 264 g/mol. The van der Waals surface area contributed by atoms with E-state index in [1.807, 2.05) is 31.2 Å². The number of benzene rings is 1.